The molecule has 2 fully saturated rings. The second-order valence-electron chi connectivity index (χ2n) is 9.46. The Bertz CT molecular complexity index is 695. The molecule has 0 aromatic carbocycles. The minimum atomic E-state index is -1.25. The van der Waals surface area contributed by atoms with Crippen LogP contribution in [0.4, 0.5) is 4.79 Å². The van der Waals surface area contributed by atoms with Crippen molar-refractivity contribution >= 4 is 12.0 Å². The number of aliphatic hydroxyl groups is 1. The van der Waals surface area contributed by atoms with Gasteiger partial charge >= 0.3 is 6.09 Å². The molecule has 3 aliphatic heterocycles. The number of hydrogen-bond donors (Lipinski definition) is 1. The maximum atomic E-state index is 12.6. The zero-order chi connectivity index (χ0) is 21.8. The summed E-state index contributed by atoms with van der Waals surface area (Å²) in [7, 11) is 0. The lowest BCUT2D eigenvalue weighted by atomic mass is 9.98. The van der Waals surface area contributed by atoms with E-state index in [9.17, 15) is 14.7 Å². The van der Waals surface area contributed by atoms with Gasteiger partial charge in [0.05, 0.1) is 12.6 Å². The molecule has 0 bridgehead atoms. The highest BCUT2D eigenvalue weighted by atomic mass is 16.8. The summed E-state index contributed by atoms with van der Waals surface area (Å²) in [6.45, 7) is 12.4. The largest absolute Gasteiger partial charge is 0.443 e. The van der Waals surface area contributed by atoms with Crippen molar-refractivity contribution in [2.45, 2.75) is 96.1 Å². The van der Waals surface area contributed by atoms with Crippen LogP contribution >= 0.6 is 0 Å². The monoisotopic (exact) mass is 413 g/mol. The van der Waals surface area contributed by atoms with Gasteiger partial charge in [0.15, 0.2) is 11.6 Å². The summed E-state index contributed by atoms with van der Waals surface area (Å²) in [5.41, 5.74) is -0.784. The molecule has 0 spiro atoms. The fraction of sp³-hybridized carbons (Fsp3) is 0.800. The first kappa shape index (κ1) is 22.2. The Hall–Kier alpha value is -1.52. The molecule has 3 aliphatic rings. The van der Waals surface area contributed by atoms with E-state index in [2.05, 4.69) is 0 Å². The molecule has 0 aromatic heterocycles. The lowest BCUT2D eigenvalue weighted by molar-refractivity contribution is -0.175. The van der Waals surface area contributed by atoms with Crippen LogP contribution in [-0.4, -0.2) is 76.2 Å². The number of ether oxygens (including phenoxy) is 5. The number of amides is 2. The van der Waals surface area contributed by atoms with E-state index in [-0.39, 0.29) is 6.61 Å². The van der Waals surface area contributed by atoms with E-state index >= 15 is 0 Å². The van der Waals surface area contributed by atoms with E-state index in [4.69, 9.17) is 23.7 Å². The van der Waals surface area contributed by atoms with Gasteiger partial charge in [-0.15, -0.1) is 0 Å². The quantitative estimate of drug-likeness (QED) is 0.746. The Morgan fingerprint density at radius 3 is 2.41 bits per heavy atom. The van der Waals surface area contributed by atoms with Gasteiger partial charge in [-0.25, -0.2) is 9.69 Å². The van der Waals surface area contributed by atoms with E-state index in [0.29, 0.717) is 0 Å². The molecule has 29 heavy (non-hydrogen) atoms. The summed E-state index contributed by atoms with van der Waals surface area (Å²) in [5.74, 6) is -2.31. The van der Waals surface area contributed by atoms with Gasteiger partial charge in [0.25, 0.3) is 5.91 Å². The van der Waals surface area contributed by atoms with Gasteiger partial charge in [0.1, 0.15) is 30.0 Å². The third-order valence-corrected chi connectivity index (χ3v) is 4.81. The van der Waals surface area contributed by atoms with Crippen molar-refractivity contribution in [1.29, 1.82) is 0 Å². The maximum absolute atomic E-state index is 12.6. The predicted molar refractivity (Wildman–Crippen MR) is 101 cm³/mol. The molecule has 1 N–H and O–H groups in total. The zero-order valence-electron chi connectivity index (χ0n) is 18.0. The van der Waals surface area contributed by atoms with Gasteiger partial charge in [0, 0.05) is 6.08 Å². The van der Waals surface area contributed by atoms with E-state index < -0.39 is 59.6 Å². The second-order valence-corrected chi connectivity index (χ2v) is 9.46. The Morgan fingerprint density at radius 1 is 1.21 bits per heavy atom. The van der Waals surface area contributed by atoms with Gasteiger partial charge in [0.2, 0.25) is 0 Å². The Balaban J connectivity index is 1.81. The smallest absolute Gasteiger partial charge is 0.417 e. The molecule has 2 saturated heterocycles. The van der Waals surface area contributed by atoms with Gasteiger partial charge in [-0.3, -0.25) is 4.79 Å². The van der Waals surface area contributed by atoms with Crippen LogP contribution in [-0.2, 0) is 28.5 Å². The first-order valence-electron chi connectivity index (χ1n) is 9.79. The molecule has 3 rings (SSSR count). The van der Waals surface area contributed by atoms with Crippen LogP contribution in [0.2, 0.25) is 0 Å². The summed E-state index contributed by atoms with van der Waals surface area (Å²) in [5, 5.41) is 11.1. The standard InChI is InChI=1S/C20H31NO8/c1-18(2,3)29-17(24)21-11(8-9-13(21)22)14(23)16-15(27-20(6,7)28-16)12-10-25-19(4,5)26-12/h8-9,11-12,14-16,23H,10H2,1-7H3/t11-,12+,14+,15+,16+/m0/s1. The van der Waals surface area contributed by atoms with Crippen LogP contribution < -0.4 is 0 Å². The highest BCUT2D eigenvalue weighted by Crippen LogP contribution is 2.38. The Labute approximate surface area is 170 Å². The minimum Gasteiger partial charge on any atom is -0.443 e. The lowest BCUT2D eigenvalue weighted by Crippen LogP contribution is -2.54. The van der Waals surface area contributed by atoms with Crippen LogP contribution in [0.25, 0.3) is 0 Å². The normalized spacial score (nSPS) is 34.6. The summed E-state index contributed by atoms with van der Waals surface area (Å²) in [4.78, 5) is 25.8. The number of hydrogen-bond acceptors (Lipinski definition) is 8. The Morgan fingerprint density at radius 2 is 1.86 bits per heavy atom. The summed E-state index contributed by atoms with van der Waals surface area (Å²) < 4.78 is 28.8. The first-order valence-corrected chi connectivity index (χ1v) is 9.79. The molecule has 0 saturated carbocycles. The molecule has 0 radical (unpaired) electrons. The average Bonchev–Trinajstić information content (AvgIpc) is 3.19. The summed E-state index contributed by atoms with van der Waals surface area (Å²) in [6.07, 6.45) is -1.33. The number of carbonyl (C=O) groups excluding carboxylic acids is 2. The van der Waals surface area contributed by atoms with E-state index in [1.807, 2.05) is 0 Å². The van der Waals surface area contributed by atoms with Crippen molar-refractivity contribution in [3.63, 3.8) is 0 Å². The molecule has 9 nitrogen and oxygen atoms in total. The van der Waals surface area contributed by atoms with Gasteiger partial charge in [-0.2, -0.15) is 0 Å². The van der Waals surface area contributed by atoms with Crippen LogP contribution in [0.3, 0.4) is 0 Å². The highest BCUT2D eigenvalue weighted by molar-refractivity contribution is 6.01. The topological polar surface area (TPSA) is 104 Å². The molecule has 9 heteroatoms. The Kier molecular flexibility index (Phi) is 5.59. The van der Waals surface area contributed by atoms with Crippen molar-refractivity contribution in [3.8, 4) is 0 Å². The van der Waals surface area contributed by atoms with Gasteiger partial charge < -0.3 is 28.8 Å². The molecule has 164 valence electrons. The molecule has 0 aromatic rings. The van der Waals surface area contributed by atoms with Crippen molar-refractivity contribution in [1.82, 2.24) is 4.90 Å². The third-order valence-electron chi connectivity index (χ3n) is 4.81. The zero-order valence-corrected chi connectivity index (χ0v) is 18.0. The number of carbonyl (C=O) groups is 2. The average molecular weight is 413 g/mol. The van der Waals surface area contributed by atoms with Crippen molar-refractivity contribution in [3.05, 3.63) is 12.2 Å². The SMILES string of the molecule is CC(C)(C)OC(=O)N1C(=O)C=C[C@H]1[C@@H](O)[C@H]1OC(C)(C)O[C@@H]1[C@H]1COC(C)(C)O1. The number of imide groups is 1. The molecule has 0 unspecified atom stereocenters. The molecule has 5 atom stereocenters. The van der Waals surface area contributed by atoms with Gasteiger partial charge in [-0.05, 0) is 48.5 Å². The van der Waals surface area contributed by atoms with Crippen LogP contribution in [0.15, 0.2) is 12.2 Å². The third kappa shape index (κ3) is 4.80. The van der Waals surface area contributed by atoms with Crippen LogP contribution in [0.1, 0.15) is 48.5 Å². The van der Waals surface area contributed by atoms with E-state index in [0.717, 1.165) is 4.90 Å². The minimum absolute atomic E-state index is 0.273. The fourth-order valence-corrected chi connectivity index (χ4v) is 3.72. The molecular weight excluding hydrogens is 382 g/mol. The molecule has 2 amide bonds. The molecule has 3 heterocycles. The maximum Gasteiger partial charge on any atom is 0.417 e. The fourth-order valence-electron chi connectivity index (χ4n) is 3.72. The number of rotatable bonds is 3. The highest BCUT2D eigenvalue weighted by Gasteiger charge is 2.54. The number of aliphatic hydroxyl groups excluding tert-OH is 1. The van der Waals surface area contributed by atoms with Crippen molar-refractivity contribution in [2.75, 3.05) is 6.61 Å². The van der Waals surface area contributed by atoms with E-state index in [1.165, 1.54) is 12.2 Å². The van der Waals surface area contributed by atoms with E-state index in [1.54, 1.807) is 48.5 Å². The van der Waals surface area contributed by atoms with Crippen molar-refractivity contribution < 1.29 is 38.4 Å². The van der Waals surface area contributed by atoms with Crippen molar-refractivity contribution in [2.24, 2.45) is 0 Å². The first-order chi connectivity index (χ1) is 13.2. The number of nitrogens with zero attached hydrogens (tertiary/aromatic N) is 1. The lowest BCUT2D eigenvalue weighted by Gasteiger charge is -2.33. The van der Waals surface area contributed by atoms with Crippen LogP contribution in [0.5, 0.6) is 0 Å². The van der Waals surface area contributed by atoms with Gasteiger partial charge in [-0.1, -0.05) is 6.08 Å². The summed E-state index contributed by atoms with van der Waals surface area (Å²) in [6, 6.07) is -0.947. The summed E-state index contributed by atoms with van der Waals surface area (Å²) >= 11 is 0. The second kappa shape index (κ2) is 7.31. The molecule has 0 aliphatic carbocycles. The van der Waals surface area contributed by atoms with Crippen LogP contribution in [0, 0.1) is 0 Å². The molecular formula is C20H31NO8. The predicted octanol–water partition coefficient (Wildman–Crippen LogP) is 1.72.